The minimum atomic E-state index is -0.253. The van der Waals surface area contributed by atoms with E-state index in [0.717, 1.165) is 44.1 Å². The zero-order valence-corrected chi connectivity index (χ0v) is 18.5. The van der Waals surface area contributed by atoms with Gasteiger partial charge in [-0.25, -0.2) is 9.38 Å². The largest absolute Gasteiger partial charge is 0.380 e. The Labute approximate surface area is 178 Å². The molecule has 27 heavy (non-hydrogen) atoms. The summed E-state index contributed by atoms with van der Waals surface area (Å²) in [6.45, 7) is 6.53. The number of nitrogens with one attached hydrogen (secondary N) is 2. The Morgan fingerprint density at radius 2 is 2.22 bits per heavy atom. The number of hydrogen-bond acceptors (Lipinski definition) is 4. The number of ether oxygens (including phenoxy) is 3. The second kappa shape index (κ2) is 14.1. The maximum atomic E-state index is 13.7. The second-order valence-electron chi connectivity index (χ2n) is 6.19. The van der Waals surface area contributed by atoms with Crippen LogP contribution in [0.25, 0.3) is 0 Å². The van der Waals surface area contributed by atoms with Gasteiger partial charge in [-0.2, -0.15) is 0 Å². The first kappa shape index (κ1) is 24.1. The highest BCUT2D eigenvalue weighted by molar-refractivity contribution is 14.0. The quantitative estimate of drug-likeness (QED) is 0.226. The Bertz CT molecular complexity index is 569. The molecule has 8 heteroatoms. The van der Waals surface area contributed by atoms with Crippen LogP contribution in [0.15, 0.2) is 23.2 Å². The van der Waals surface area contributed by atoms with E-state index >= 15 is 0 Å². The summed E-state index contributed by atoms with van der Waals surface area (Å²) in [5.41, 5.74) is 1.49. The summed E-state index contributed by atoms with van der Waals surface area (Å²) in [7, 11) is 1.56. The van der Waals surface area contributed by atoms with Gasteiger partial charge in [0.05, 0.1) is 25.9 Å². The maximum absolute atomic E-state index is 13.7. The lowest BCUT2D eigenvalue weighted by Crippen LogP contribution is -2.38. The van der Waals surface area contributed by atoms with E-state index in [1.54, 1.807) is 19.2 Å². The van der Waals surface area contributed by atoms with Crippen molar-refractivity contribution in [3.8, 4) is 0 Å². The Morgan fingerprint density at radius 3 is 2.93 bits per heavy atom. The fourth-order valence-corrected chi connectivity index (χ4v) is 2.68. The van der Waals surface area contributed by atoms with E-state index < -0.39 is 0 Å². The number of guanidine groups is 1. The Kier molecular flexibility index (Phi) is 12.6. The molecule has 1 aliphatic rings. The SMILES string of the molecule is CCNC(=NCc1ccc(F)c(COC)c1)NCCCOC1CCOC1.I. The average Bonchev–Trinajstić information content (AvgIpc) is 3.15. The summed E-state index contributed by atoms with van der Waals surface area (Å²) < 4.78 is 29.7. The molecule has 0 aromatic heterocycles. The van der Waals surface area contributed by atoms with Gasteiger partial charge in [-0.05, 0) is 37.5 Å². The van der Waals surface area contributed by atoms with Gasteiger partial charge in [0.25, 0.3) is 0 Å². The topological polar surface area (TPSA) is 64.1 Å². The number of aliphatic imine (C=N–C) groups is 1. The monoisotopic (exact) mass is 495 g/mol. The van der Waals surface area contributed by atoms with Gasteiger partial charge < -0.3 is 24.8 Å². The standard InChI is InChI=1S/C19H30FN3O3.HI/c1-3-21-19(22-8-4-9-26-17-7-10-25-14-17)23-12-15-5-6-18(20)16(11-15)13-24-2;/h5-6,11,17H,3-4,7-10,12-14H2,1-2H3,(H2,21,22,23);1H. The van der Waals surface area contributed by atoms with Crippen LogP contribution in [-0.4, -0.2) is 52.1 Å². The first-order valence-corrected chi connectivity index (χ1v) is 9.20. The van der Waals surface area contributed by atoms with Crippen molar-refractivity contribution >= 4 is 29.9 Å². The summed E-state index contributed by atoms with van der Waals surface area (Å²) in [4.78, 5) is 4.56. The van der Waals surface area contributed by atoms with Crippen LogP contribution in [0.3, 0.4) is 0 Å². The molecular formula is C19H31FIN3O3. The Hall–Kier alpha value is -0.970. The van der Waals surface area contributed by atoms with Crippen LogP contribution < -0.4 is 10.6 Å². The summed E-state index contributed by atoms with van der Waals surface area (Å²) >= 11 is 0. The molecule has 2 N–H and O–H groups in total. The van der Waals surface area contributed by atoms with Crippen LogP contribution in [0.2, 0.25) is 0 Å². The molecule has 1 aliphatic heterocycles. The average molecular weight is 495 g/mol. The minimum absolute atomic E-state index is 0. The predicted octanol–water partition coefficient (Wildman–Crippen LogP) is 2.84. The van der Waals surface area contributed by atoms with Crippen LogP contribution in [0.4, 0.5) is 4.39 Å². The maximum Gasteiger partial charge on any atom is 0.191 e. The lowest BCUT2D eigenvalue weighted by molar-refractivity contribution is 0.0420. The van der Waals surface area contributed by atoms with E-state index in [-0.39, 0.29) is 42.5 Å². The van der Waals surface area contributed by atoms with E-state index in [2.05, 4.69) is 15.6 Å². The second-order valence-corrected chi connectivity index (χ2v) is 6.19. The molecule has 0 bridgehead atoms. The van der Waals surface area contributed by atoms with Gasteiger partial charge in [0.1, 0.15) is 5.82 Å². The molecule has 0 radical (unpaired) electrons. The highest BCUT2D eigenvalue weighted by atomic mass is 127. The van der Waals surface area contributed by atoms with Crippen LogP contribution in [0.1, 0.15) is 30.9 Å². The molecule has 0 saturated carbocycles. The number of methoxy groups -OCH3 is 1. The van der Waals surface area contributed by atoms with E-state index in [1.165, 1.54) is 6.07 Å². The van der Waals surface area contributed by atoms with Gasteiger partial charge in [0, 0.05) is 39.0 Å². The molecule has 2 rings (SSSR count). The molecule has 6 nitrogen and oxygen atoms in total. The lowest BCUT2D eigenvalue weighted by Gasteiger charge is -2.13. The fraction of sp³-hybridized carbons (Fsp3) is 0.632. The molecule has 0 aliphatic carbocycles. The smallest absolute Gasteiger partial charge is 0.191 e. The van der Waals surface area contributed by atoms with Gasteiger partial charge in [0.2, 0.25) is 0 Å². The first-order valence-electron chi connectivity index (χ1n) is 9.20. The van der Waals surface area contributed by atoms with Crippen molar-refractivity contribution in [2.45, 2.75) is 39.0 Å². The Morgan fingerprint density at radius 1 is 1.37 bits per heavy atom. The molecule has 0 amide bonds. The van der Waals surface area contributed by atoms with Crippen molar-refractivity contribution in [3.05, 3.63) is 35.1 Å². The van der Waals surface area contributed by atoms with E-state index in [4.69, 9.17) is 14.2 Å². The molecule has 1 saturated heterocycles. The molecule has 1 heterocycles. The molecule has 1 fully saturated rings. The summed E-state index contributed by atoms with van der Waals surface area (Å²) in [6.07, 6.45) is 2.13. The van der Waals surface area contributed by atoms with E-state index in [0.29, 0.717) is 25.3 Å². The van der Waals surface area contributed by atoms with Crippen molar-refractivity contribution in [3.63, 3.8) is 0 Å². The van der Waals surface area contributed by atoms with Crippen LogP contribution in [0, 0.1) is 5.82 Å². The zero-order chi connectivity index (χ0) is 18.6. The Balaban J connectivity index is 0.00000364. The van der Waals surface area contributed by atoms with Crippen molar-refractivity contribution in [2.24, 2.45) is 4.99 Å². The highest BCUT2D eigenvalue weighted by Crippen LogP contribution is 2.12. The predicted molar refractivity (Wildman–Crippen MR) is 115 cm³/mol. The zero-order valence-electron chi connectivity index (χ0n) is 16.1. The number of nitrogens with zero attached hydrogens (tertiary/aromatic N) is 1. The van der Waals surface area contributed by atoms with Crippen molar-refractivity contribution < 1.29 is 18.6 Å². The van der Waals surface area contributed by atoms with Crippen molar-refractivity contribution in [1.82, 2.24) is 10.6 Å². The molecular weight excluding hydrogens is 464 g/mol. The number of halogens is 2. The minimum Gasteiger partial charge on any atom is -0.380 e. The van der Waals surface area contributed by atoms with Crippen molar-refractivity contribution in [2.75, 3.05) is 40.0 Å². The molecule has 1 aromatic rings. The van der Waals surface area contributed by atoms with Crippen LogP contribution in [-0.2, 0) is 27.4 Å². The number of benzene rings is 1. The van der Waals surface area contributed by atoms with Gasteiger partial charge >= 0.3 is 0 Å². The lowest BCUT2D eigenvalue weighted by atomic mass is 10.1. The van der Waals surface area contributed by atoms with Crippen LogP contribution >= 0.6 is 24.0 Å². The summed E-state index contributed by atoms with van der Waals surface area (Å²) in [5, 5.41) is 6.51. The highest BCUT2D eigenvalue weighted by Gasteiger charge is 2.15. The molecule has 154 valence electrons. The first-order chi connectivity index (χ1) is 12.7. The molecule has 0 spiro atoms. The van der Waals surface area contributed by atoms with E-state index in [1.807, 2.05) is 6.92 Å². The van der Waals surface area contributed by atoms with Crippen LogP contribution in [0.5, 0.6) is 0 Å². The summed E-state index contributed by atoms with van der Waals surface area (Å²) in [6, 6.07) is 5.01. The summed E-state index contributed by atoms with van der Waals surface area (Å²) in [5.74, 6) is 0.492. The third kappa shape index (κ3) is 9.18. The molecule has 1 unspecified atom stereocenters. The molecule has 1 atom stereocenters. The normalized spacial score (nSPS) is 16.9. The molecule has 1 aromatic carbocycles. The van der Waals surface area contributed by atoms with Gasteiger partial charge in [-0.1, -0.05) is 6.07 Å². The third-order valence-electron chi connectivity index (χ3n) is 4.03. The van der Waals surface area contributed by atoms with Gasteiger partial charge in [0.15, 0.2) is 5.96 Å². The third-order valence-corrected chi connectivity index (χ3v) is 4.03. The van der Waals surface area contributed by atoms with E-state index in [9.17, 15) is 4.39 Å². The number of hydrogen-bond donors (Lipinski definition) is 2. The van der Waals surface area contributed by atoms with Crippen molar-refractivity contribution in [1.29, 1.82) is 0 Å². The van der Waals surface area contributed by atoms with Gasteiger partial charge in [-0.15, -0.1) is 24.0 Å². The van der Waals surface area contributed by atoms with Gasteiger partial charge in [-0.3, -0.25) is 0 Å². The number of rotatable bonds is 10. The fourth-order valence-electron chi connectivity index (χ4n) is 2.68.